The van der Waals surface area contributed by atoms with Crippen LogP contribution in [0.2, 0.25) is 0 Å². The molecule has 0 radical (unpaired) electrons. The Kier molecular flexibility index (Phi) is 7.25. The standard InChI is InChI=1S/C26H26F6N4O/c1-36(2)22-13-15(7-12-19(22)25(27,28)29)24(37)34-17-10-8-16(9-11-17)33-21-14-23(26(30,31)32)35-20-6-4-3-5-18(20)21/h3-7,12-14,16-17H,8-11H2,1-2H3,(H,33,35)(H,34,37)/t16-,17+. The molecule has 0 saturated heterocycles. The molecule has 1 aromatic heterocycles. The third-order valence-electron chi connectivity index (χ3n) is 6.48. The molecule has 2 N–H and O–H groups in total. The smallest absolute Gasteiger partial charge is 0.382 e. The molecule has 1 aliphatic carbocycles. The molecule has 11 heteroatoms. The minimum absolute atomic E-state index is 0.101. The van der Waals surface area contributed by atoms with Crippen molar-refractivity contribution in [2.24, 2.45) is 0 Å². The number of carbonyl (C=O) groups is 1. The van der Waals surface area contributed by atoms with Gasteiger partial charge in [0.15, 0.2) is 0 Å². The number of amides is 1. The maximum atomic E-state index is 13.3. The van der Waals surface area contributed by atoms with Crippen molar-refractivity contribution in [2.45, 2.75) is 50.1 Å². The molecule has 1 amide bonds. The Morgan fingerprint density at radius 3 is 2.16 bits per heavy atom. The number of alkyl halides is 6. The first kappa shape index (κ1) is 26.6. The third-order valence-corrected chi connectivity index (χ3v) is 6.48. The average Bonchev–Trinajstić information content (AvgIpc) is 2.83. The number of anilines is 2. The number of nitrogens with zero attached hydrogens (tertiary/aromatic N) is 2. The highest BCUT2D eigenvalue weighted by Crippen LogP contribution is 2.37. The van der Waals surface area contributed by atoms with E-state index < -0.39 is 29.5 Å². The lowest BCUT2D eigenvalue weighted by molar-refractivity contribution is -0.141. The molecule has 0 spiro atoms. The predicted octanol–water partition coefficient (Wildman–Crippen LogP) is 6.49. The fraction of sp³-hybridized carbons (Fsp3) is 0.385. The van der Waals surface area contributed by atoms with E-state index in [9.17, 15) is 31.1 Å². The number of benzene rings is 2. The van der Waals surface area contributed by atoms with Crippen molar-refractivity contribution in [3.05, 3.63) is 65.4 Å². The molecular formula is C26H26F6N4O. The first-order valence-electron chi connectivity index (χ1n) is 11.8. The number of hydrogen-bond acceptors (Lipinski definition) is 4. The van der Waals surface area contributed by atoms with Gasteiger partial charge < -0.3 is 15.5 Å². The minimum Gasteiger partial charge on any atom is -0.382 e. The number of para-hydroxylation sites is 1. The van der Waals surface area contributed by atoms with Crippen LogP contribution in [0.15, 0.2) is 48.5 Å². The van der Waals surface area contributed by atoms with Crippen molar-refractivity contribution >= 4 is 28.2 Å². The van der Waals surface area contributed by atoms with Crippen LogP contribution in [0.3, 0.4) is 0 Å². The molecule has 1 fully saturated rings. The topological polar surface area (TPSA) is 57.3 Å². The summed E-state index contributed by atoms with van der Waals surface area (Å²) in [6.07, 6.45) is -6.79. The maximum absolute atomic E-state index is 13.3. The molecular weight excluding hydrogens is 498 g/mol. The number of fused-ring (bicyclic) bond motifs is 1. The lowest BCUT2D eigenvalue weighted by atomic mass is 9.90. The van der Waals surface area contributed by atoms with E-state index in [1.165, 1.54) is 31.1 Å². The first-order valence-corrected chi connectivity index (χ1v) is 11.8. The van der Waals surface area contributed by atoms with Gasteiger partial charge in [-0.05, 0) is 56.0 Å². The van der Waals surface area contributed by atoms with Crippen molar-refractivity contribution in [2.75, 3.05) is 24.3 Å². The van der Waals surface area contributed by atoms with E-state index in [1.54, 1.807) is 18.2 Å². The van der Waals surface area contributed by atoms with Crippen LogP contribution >= 0.6 is 0 Å². The highest BCUT2D eigenvalue weighted by Gasteiger charge is 2.35. The Morgan fingerprint density at radius 1 is 0.892 bits per heavy atom. The zero-order chi connectivity index (χ0) is 27.0. The molecule has 1 aliphatic rings. The Morgan fingerprint density at radius 2 is 1.54 bits per heavy atom. The van der Waals surface area contributed by atoms with Crippen molar-refractivity contribution in [3.8, 4) is 0 Å². The molecule has 4 rings (SSSR count). The summed E-state index contributed by atoms with van der Waals surface area (Å²) in [4.78, 5) is 17.8. The van der Waals surface area contributed by atoms with E-state index in [0.717, 1.165) is 18.2 Å². The number of halogens is 6. The van der Waals surface area contributed by atoms with E-state index in [1.807, 2.05) is 0 Å². The van der Waals surface area contributed by atoms with E-state index in [4.69, 9.17) is 0 Å². The van der Waals surface area contributed by atoms with Crippen LogP contribution in [-0.4, -0.2) is 37.1 Å². The summed E-state index contributed by atoms with van der Waals surface area (Å²) in [5.74, 6) is -0.469. The van der Waals surface area contributed by atoms with Gasteiger partial charge in [-0.1, -0.05) is 18.2 Å². The van der Waals surface area contributed by atoms with Crippen LogP contribution in [-0.2, 0) is 12.4 Å². The van der Waals surface area contributed by atoms with Crippen LogP contribution < -0.4 is 15.5 Å². The zero-order valence-electron chi connectivity index (χ0n) is 20.2. The Balaban J connectivity index is 1.42. The molecule has 3 aromatic rings. The van der Waals surface area contributed by atoms with Gasteiger partial charge in [0.1, 0.15) is 5.69 Å². The monoisotopic (exact) mass is 524 g/mol. The van der Waals surface area contributed by atoms with E-state index in [-0.39, 0.29) is 28.9 Å². The molecule has 2 aromatic carbocycles. The normalized spacial score (nSPS) is 18.5. The van der Waals surface area contributed by atoms with Crippen LogP contribution in [0.1, 0.15) is 47.3 Å². The summed E-state index contributed by atoms with van der Waals surface area (Å²) in [6.45, 7) is 0. The van der Waals surface area contributed by atoms with Gasteiger partial charge in [-0.2, -0.15) is 26.3 Å². The van der Waals surface area contributed by atoms with Crippen LogP contribution in [0.5, 0.6) is 0 Å². The predicted molar refractivity (Wildman–Crippen MR) is 130 cm³/mol. The second kappa shape index (κ2) is 10.1. The largest absolute Gasteiger partial charge is 0.433 e. The maximum Gasteiger partial charge on any atom is 0.433 e. The Labute approximate surface area is 209 Å². The van der Waals surface area contributed by atoms with Gasteiger partial charge in [0.05, 0.1) is 11.1 Å². The van der Waals surface area contributed by atoms with E-state index in [2.05, 4.69) is 15.6 Å². The second-order valence-electron chi connectivity index (χ2n) is 9.36. The highest BCUT2D eigenvalue weighted by molar-refractivity contribution is 5.95. The van der Waals surface area contributed by atoms with Gasteiger partial charge in [-0.15, -0.1) is 0 Å². The molecule has 198 valence electrons. The minimum atomic E-state index is -4.58. The zero-order valence-corrected chi connectivity index (χ0v) is 20.2. The van der Waals surface area contributed by atoms with Gasteiger partial charge in [0.25, 0.3) is 5.91 Å². The molecule has 1 saturated carbocycles. The molecule has 5 nitrogen and oxygen atoms in total. The summed E-state index contributed by atoms with van der Waals surface area (Å²) in [6, 6.07) is 10.6. The van der Waals surface area contributed by atoms with Gasteiger partial charge >= 0.3 is 12.4 Å². The highest BCUT2D eigenvalue weighted by atomic mass is 19.4. The van der Waals surface area contributed by atoms with E-state index >= 15 is 0 Å². The number of rotatable bonds is 5. The summed E-state index contributed by atoms with van der Waals surface area (Å²) >= 11 is 0. The SMILES string of the molecule is CN(C)c1cc(C(=O)N[C@H]2CC[C@@H](Nc3cc(C(F)(F)F)nc4ccccc34)CC2)ccc1C(F)(F)F. The number of hydrogen-bond donors (Lipinski definition) is 2. The number of nitrogens with one attached hydrogen (secondary N) is 2. The molecule has 0 bridgehead atoms. The average molecular weight is 525 g/mol. The summed E-state index contributed by atoms with van der Waals surface area (Å²) < 4.78 is 79.9. The van der Waals surface area contributed by atoms with Crippen molar-refractivity contribution in [1.29, 1.82) is 0 Å². The summed E-state index contributed by atoms with van der Waals surface area (Å²) in [5, 5.41) is 6.68. The van der Waals surface area contributed by atoms with Gasteiger partial charge in [0.2, 0.25) is 0 Å². The Hall–Kier alpha value is -3.50. The van der Waals surface area contributed by atoms with Crippen molar-refractivity contribution in [3.63, 3.8) is 0 Å². The van der Waals surface area contributed by atoms with Crippen LogP contribution in [0.25, 0.3) is 10.9 Å². The molecule has 1 heterocycles. The summed E-state index contributed by atoms with van der Waals surface area (Å²) in [7, 11) is 2.95. The van der Waals surface area contributed by atoms with Gasteiger partial charge in [0, 0.05) is 48.5 Å². The van der Waals surface area contributed by atoms with Crippen LogP contribution in [0, 0.1) is 0 Å². The van der Waals surface area contributed by atoms with Crippen molar-refractivity contribution in [1.82, 2.24) is 10.3 Å². The Bertz CT molecular complexity index is 1280. The van der Waals surface area contributed by atoms with Gasteiger partial charge in [-0.3, -0.25) is 4.79 Å². The molecule has 0 aliphatic heterocycles. The number of carbonyl (C=O) groups excluding carboxylic acids is 1. The van der Waals surface area contributed by atoms with E-state index in [0.29, 0.717) is 36.8 Å². The fourth-order valence-electron chi connectivity index (χ4n) is 4.59. The number of pyridine rings is 1. The third kappa shape index (κ3) is 6.08. The molecule has 0 unspecified atom stereocenters. The first-order chi connectivity index (χ1) is 17.3. The second-order valence-corrected chi connectivity index (χ2v) is 9.36. The van der Waals surface area contributed by atoms with Gasteiger partial charge in [-0.25, -0.2) is 4.98 Å². The number of aromatic nitrogens is 1. The molecule has 37 heavy (non-hydrogen) atoms. The fourth-order valence-corrected chi connectivity index (χ4v) is 4.59. The van der Waals surface area contributed by atoms with Crippen LogP contribution in [0.4, 0.5) is 37.7 Å². The van der Waals surface area contributed by atoms with Crippen molar-refractivity contribution < 1.29 is 31.1 Å². The lowest BCUT2D eigenvalue weighted by Crippen LogP contribution is -2.40. The lowest BCUT2D eigenvalue weighted by Gasteiger charge is -2.31. The molecule has 0 atom stereocenters. The summed E-state index contributed by atoms with van der Waals surface area (Å²) in [5.41, 5.74) is -1.17. The quantitative estimate of drug-likeness (QED) is 0.375.